The number of pyridine rings is 2. The topological polar surface area (TPSA) is 25.8 Å². The van der Waals surface area contributed by atoms with Gasteiger partial charge in [0, 0.05) is 12.4 Å². The molecule has 2 aromatic heterocycles. The summed E-state index contributed by atoms with van der Waals surface area (Å²) in [5, 5.41) is 0. The minimum atomic E-state index is -1.00. The quantitative estimate of drug-likeness (QED) is 0.773. The maximum absolute atomic E-state index is 13.6. The number of rotatable bonds is 2. The Morgan fingerprint density at radius 2 is 1.19 bits per heavy atom. The lowest BCUT2D eigenvalue weighted by Gasteiger charge is -1.99. The van der Waals surface area contributed by atoms with E-state index in [9.17, 15) is 8.78 Å². The van der Waals surface area contributed by atoms with Crippen LogP contribution in [0.1, 0.15) is 11.4 Å². The van der Waals surface area contributed by atoms with Gasteiger partial charge in [0.2, 0.25) is 0 Å². The molecule has 0 amide bonds. The second-order valence-corrected chi connectivity index (χ2v) is 3.06. The van der Waals surface area contributed by atoms with Crippen molar-refractivity contribution in [1.29, 1.82) is 0 Å². The molecule has 0 saturated carbocycles. The SMILES string of the molecule is FC(=C(F)c1ccccn1)c1ccccn1. The molecule has 0 unspecified atom stereocenters. The zero-order valence-corrected chi connectivity index (χ0v) is 8.27. The molecule has 0 fully saturated rings. The fraction of sp³-hybridized carbons (Fsp3) is 0. The highest BCUT2D eigenvalue weighted by Gasteiger charge is 2.12. The third-order valence-electron chi connectivity index (χ3n) is 1.97. The van der Waals surface area contributed by atoms with E-state index in [-0.39, 0.29) is 11.4 Å². The molecule has 0 atom stereocenters. The fourth-order valence-electron chi connectivity index (χ4n) is 1.21. The predicted molar refractivity (Wildman–Crippen MR) is 57.5 cm³/mol. The normalized spacial score (nSPS) is 12.1. The number of hydrogen-bond donors (Lipinski definition) is 0. The number of hydrogen-bond acceptors (Lipinski definition) is 2. The molecule has 2 aromatic rings. The number of aromatic nitrogens is 2. The van der Waals surface area contributed by atoms with E-state index in [0.717, 1.165) is 0 Å². The molecule has 2 nitrogen and oxygen atoms in total. The Morgan fingerprint density at radius 3 is 1.50 bits per heavy atom. The van der Waals surface area contributed by atoms with Gasteiger partial charge in [0.15, 0.2) is 11.7 Å². The Labute approximate surface area is 91.3 Å². The average Bonchev–Trinajstić information content (AvgIpc) is 2.39. The van der Waals surface area contributed by atoms with Gasteiger partial charge >= 0.3 is 0 Å². The summed E-state index contributed by atoms with van der Waals surface area (Å²) < 4.78 is 27.2. The van der Waals surface area contributed by atoms with E-state index in [4.69, 9.17) is 0 Å². The van der Waals surface area contributed by atoms with E-state index in [0.29, 0.717) is 0 Å². The van der Waals surface area contributed by atoms with Gasteiger partial charge < -0.3 is 0 Å². The maximum Gasteiger partial charge on any atom is 0.186 e. The largest absolute Gasteiger partial charge is 0.254 e. The Balaban J connectivity index is 2.43. The summed E-state index contributed by atoms with van der Waals surface area (Å²) in [4.78, 5) is 7.45. The maximum atomic E-state index is 13.6. The van der Waals surface area contributed by atoms with Crippen LogP contribution in [0.5, 0.6) is 0 Å². The van der Waals surface area contributed by atoms with E-state index in [1.807, 2.05) is 0 Å². The Hall–Kier alpha value is -2.10. The van der Waals surface area contributed by atoms with Crippen LogP contribution in [0.4, 0.5) is 8.78 Å². The second kappa shape index (κ2) is 4.61. The van der Waals surface area contributed by atoms with Crippen LogP contribution in [-0.4, -0.2) is 9.97 Å². The summed E-state index contributed by atoms with van der Waals surface area (Å²) in [5.41, 5.74) is -0.0729. The zero-order valence-electron chi connectivity index (χ0n) is 8.27. The first-order valence-corrected chi connectivity index (χ1v) is 4.67. The molecule has 0 N–H and O–H groups in total. The van der Waals surface area contributed by atoms with Gasteiger partial charge in [-0.15, -0.1) is 0 Å². The van der Waals surface area contributed by atoms with Gasteiger partial charge in [0.1, 0.15) is 11.4 Å². The Kier molecular flexibility index (Phi) is 3.00. The van der Waals surface area contributed by atoms with Crippen LogP contribution in [0, 0.1) is 0 Å². The molecule has 0 aliphatic heterocycles. The van der Waals surface area contributed by atoms with Gasteiger partial charge in [0.05, 0.1) is 0 Å². The fourth-order valence-corrected chi connectivity index (χ4v) is 1.21. The molecule has 16 heavy (non-hydrogen) atoms. The van der Waals surface area contributed by atoms with E-state index >= 15 is 0 Å². The molecule has 80 valence electrons. The Morgan fingerprint density at radius 1 is 0.750 bits per heavy atom. The molecule has 0 radical (unpaired) electrons. The molecule has 0 aromatic carbocycles. The van der Waals surface area contributed by atoms with E-state index < -0.39 is 11.7 Å². The summed E-state index contributed by atoms with van der Waals surface area (Å²) in [5.74, 6) is -2.00. The summed E-state index contributed by atoms with van der Waals surface area (Å²) in [7, 11) is 0. The minimum Gasteiger partial charge on any atom is -0.254 e. The van der Waals surface area contributed by atoms with Crippen molar-refractivity contribution in [2.45, 2.75) is 0 Å². The lowest BCUT2D eigenvalue weighted by molar-refractivity contribution is 0.692. The summed E-state index contributed by atoms with van der Waals surface area (Å²) in [6.07, 6.45) is 2.81. The van der Waals surface area contributed by atoms with Crippen molar-refractivity contribution in [1.82, 2.24) is 9.97 Å². The van der Waals surface area contributed by atoms with Crippen molar-refractivity contribution >= 4 is 11.7 Å². The van der Waals surface area contributed by atoms with Crippen LogP contribution < -0.4 is 0 Å². The van der Waals surface area contributed by atoms with Gasteiger partial charge in [-0.2, -0.15) is 0 Å². The van der Waals surface area contributed by atoms with Crippen LogP contribution in [0.15, 0.2) is 48.8 Å². The molecule has 0 spiro atoms. The highest BCUT2D eigenvalue weighted by Crippen LogP contribution is 2.25. The van der Waals surface area contributed by atoms with Crippen molar-refractivity contribution in [2.24, 2.45) is 0 Å². The van der Waals surface area contributed by atoms with Crippen LogP contribution in [0.2, 0.25) is 0 Å². The van der Waals surface area contributed by atoms with Crippen LogP contribution >= 0.6 is 0 Å². The second-order valence-electron chi connectivity index (χ2n) is 3.06. The smallest absolute Gasteiger partial charge is 0.186 e. The first-order valence-electron chi connectivity index (χ1n) is 4.67. The molecule has 0 bridgehead atoms. The standard InChI is InChI=1S/C12H8F2N2/c13-11(9-5-1-3-7-15-9)12(14)10-6-2-4-8-16-10/h1-8H. The molecule has 2 rings (SSSR count). The third kappa shape index (κ3) is 2.11. The molecule has 0 aliphatic carbocycles. The van der Waals surface area contributed by atoms with Crippen molar-refractivity contribution in [3.63, 3.8) is 0 Å². The molecule has 4 heteroatoms. The van der Waals surface area contributed by atoms with Gasteiger partial charge in [0.25, 0.3) is 0 Å². The van der Waals surface area contributed by atoms with Gasteiger partial charge in [-0.1, -0.05) is 12.1 Å². The highest BCUT2D eigenvalue weighted by molar-refractivity contribution is 5.80. The molecule has 0 saturated heterocycles. The van der Waals surface area contributed by atoms with Gasteiger partial charge in [-0.05, 0) is 24.3 Å². The van der Waals surface area contributed by atoms with Crippen molar-refractivity contribution in [3.05, 3.63) is 60.2 Å². The highest BCUT2D eigenvalue weighted by atomic mass is 19.2. The predicted octanol–water partition coefficient (Wildman–Crippen LogP) is 3.24. The monoisotopic (exact) mass is 218 g/mol. The lowest BCUT2D eigenvalue weighted by atomic mass is 10.2. The van der Waals surface area contributed by atoms with Gasteiger partial charge in [-0.3, -0.25) is 9.97 Å². The number of halogens is 2. The van der Waals surface area contributed by atoms with Crippen molar-refractivity contribution < 1.29 is 8.78 Å². The van der Waals surface area contributed by atoms with Crippen LogP contribution in [0.3, 0.4) is 0 Å². The molecule has 2 heterocycles. The first kappa shape index (κ1) is 10.4. The summed E-state index contributed by atoms with van der Waals surface area (Å²) >= 11 is 0. The van der Waals surface area contributed by atoms with Crippen molar-refractivity contribution in [3.8, 4) is 0 Å². The first-order chi connectivity index (χ1) is 7.79. The van der Waals surface area contributed by atoms with Gasteiger partial charge in [-0.25, -0.2) is 8.78 Å². The Bertz CT molecular complexity index is 447. The van der Waals surface area contributed by atoms with Crippen LogP contribution in [0.25, 0.3) is 11.7 Å². The average molecular weight is 218 g/mol. The summed E-state index contributed by atoms with van der Waals surface area (Å²) in [6.45, 7) is 0. The van der Waals surface area contributed by atoms with Crippen LogP contribution in [-0.2, 0) is 0 Å². The van der Waals surface area contributed by atoms with Crippen molar-refractivity contribution in [2.75, 3.05) is 0 Å². The van der Waals surface area contributed by atoms with E-state index in [1.54, 1.807) is 24.3 Å². The molecule has 0 aliphatic rings. The minimum absolute atomic E-state index is 0.0364. The lowest BCUT2D eigenvalue weighted by Crippen LogP contribution is -1.89. The molecular formula is C12H8F2N2. The van der Waals surface area contributed by atoms with E-state index in [2.05, 4.69) is 9.97 Å². The number of nitrogens with zero attached hydrogens (tertiary/aromatic N) is 2. The third-order valence-corrected chi connectivity index (χ3v) is 1.97. The molecular weight excluding hydrogens is 210 g/mol. The zero-order chi connectivity index (χ0) is 11.4. The van der Waals surface area contributed by atoms with E-state index in [1.165, 1.54) is 24.5 Å². The summed E-state index contributed by atoms with van der Waals surface area (Å²) in [6, 6.07) is 9.25.